The summed E-state index contributed by atoms with van der Waals surface area (Å²) in [5.74, 6) is 0.774. The van der Waals surface area contributed by atoms with Gasteiger partial charge in [-0.15, -0.1) is 0 Å². The Morgan fingerprint density at radius 3 is 2.06 bits per heavy atom. The SMILES string of the molecule is CCCC[n+]1cnc2c(c(-c3ccccc3)c(-c3ccccc3)n2Cc2ccccc2)c1N. The van der Waals surface area contributed by atoms with E-state index < -0.39 is 0 Å². The number of unbranched alkanes of at least 4 members (excludes halogenated alkanes) is 1. The molecule has 0 unspecified atom stereocenters. The smallest absolute Gasteiger partial charge is 0.232 e. The maximum absolute atomic E-state index is 6.86. The van der Waals surface area contributed by atoms with Crippen molar-refractivity contribution in [2.45, 2.75) is 32.9 Å². The lowest BCUT2D eigenvalue weighted by atomic mass is 9.99. The third kappa shape index (κ3) is 4.00. The van der Waals surface area contributed by atoms with Gasteiger partial charge in [-0.1, -0.05) is 109 Å². The van der Waals surface area contributed by atoms with Gasteiger partial charge in [0.15, 0.2) is 0 Å². The zero-order valence-electron chi connectivity index (χ0n) is 19.0. The van der Waals surface area contributed by atoms with Crippen molar-refractivity contribution in [1.82, 2.24) is 9.55 Å². The van der Waals surface area contributed by atoms with Crippen LogP contribution in [0.1, 0.15) is 25.3 Å². The molecular weight excluding hydrogens is 404 g/mol. The Morgan fingerprint density at radius 1 is 0.818 bits per heavy atom. The average molecular weight is 434 g/mol. The molecular formula is C29H29N4+. The lowest BCUT2D eigenvalue weighted by molar-refractivity contribution is -0.684. The Morgan fingerprint density at radius 2 is 1.42 bits per heavy atom. The van der Waals surface area contributed by atoms with E-state index in [1.165, 1.54) is 5.56 Å². The first-order valence-corrected chi connectivity index (χ1v) is 11.6. The number of fused-ring (bicyclic) bond motifs is 1. The molecule has 164 valence electrons. The molecule has 4 heteroatoms. The Hall–Kier alpha value is -3.92. The highest BCUT2D eigenvalue weighted by Crippen LogP contribution is 2.42. The average Bonchev–Trinajstić information content (AvgIpc) is 3.20. The summed E-state index contributed by atoms with van der Waals surface area (Å²) in [6.45, 7) is 3.78. The largest absolute Gasteiger partial charge is 0.318 e. The lowest BCUT2D eigenvalue weighted by Gasteiger charge is -2.12. The van der Waals surface area contributed by atoms with Crippen molar-refractivity contribution in [1.29, 1.82) is 0 Å². The molecule has 0 spiro atoms. The minimum Gasteiger partial charge on any atom is -0.318 e. The van der Waals surface area contributed by atoms with Gasteiger partial charge in [-0.05, 0) is 23.1 Å². The van der Waals surface area contributed by atoms with Crippen LogP contribution in [0.4, 0.5) is 5.82 Å². The van der Waals surface area contributed by atoms with Gasteiger partial charge in [-0.2, -0.15) is 0 Å². The van der Waals surface area contributed by atoms with Crippen molar-refractivity contribution in [2.24, 2.45) is 0 Å². The number of anilines is 1. The van der Waals surface area contributed by atoms with E-state index in [0.717, 1.165) is 65.2 Å². The van der Waals surface area contributed by atoms with Gasteiger partial charge in [0.25, 0.3) is 0 Å². The van der Waals surface area contributed by atoms with Gasteiger partial charge in [0.1, 0.15) is 5.39 Å². The first-order valence-electron chi connectivity index (χ1n) is 11.6. The fraction of sp³-hybridized carbons (Fsp3) is 0.172. The van der Waals surface area contributed by atoms with Gasteiger partial charge in [0, 0.05) is 5.56 Å². The van der Waals surface area contributed by atoms with E-state index in [2.05, 4.69) is 107 Å². The third-order valence-corrected chi connectivity index (χ3v) is 6.17. The molecule has 4 nitrogen and oxygen atoms in total. The van der Waals surface area contributed by atoms with Crippen LogP contribution in [0.3, 0.4) is 0 Å². The van der Waals surface area contributed by atoms with Gasteiger partial charge in [-0.25, -0.2) is 4.57 Å². The monoisotopic (exact) mass is 433 g/mol. The molecule has 0 atom stereocenters. The van der Waals surface area contributed by atoms with Crippen LogP contribution in [0.15, 0.2) is 97.3 Å². The predicted octanol–water partition coefficient (Wildman–Crippen LogP) is 6.09. The minimum absolute atomic E-state index is 0.722. The highest BCUT2D eigenvalue weighted by Gasteiger charge is 2.27. The standard InChI is InChI=1S/C29H28N4/c1-2-3-19-32-21-31-29-26(28(32)30)25(23-15-9-5-10-16-23)27(24-17-11-6-12-18-24)33(29)20-22-13-7-4-8-14-22/h4-18,21,30H,2-3,19-20H2,1H3/p+1. The summed E-state index contributed by atoms with van der Waals surface area (Å²) >= 11 is 0. The van der Waals surface area contributed by atoms with Gasteiger partial charge in [0.05, 0.1) is 18.8 Å². The van der Waals surface area contributed by atoms with Crippen molar-refractivity contribution in [3.63, 3.8) is 0 Å². The summed E-state index contributed by atoms with van der Waals surface area (Å²) in [6, 6.07) is 31.7. The number of aryl methyl sites for hydroxylation is 1. The summed E-state index contributed by atoms with van der Waals surface area (Å²) < 4.78 is 4.42. The van der Waals surface area contributed by atoms with E-state index in [-0.39, 0.29) is 0 Å². The summed E-state index contributed by atoms with van der Waals surface area (Å²) in [6.07, 6.45) is 4.08. The number of rotatable bonds is 7. The van der Waals surface area contributed by atoms with Gasteiger partial charge < -0.3 is 10.3 Å². The Labute approximate surface area is 195 Å². The first-order chi connectivity index (χ1) is 16.3. The molecule has 2 heterocycles. The van der Waals surface area contributed by atoms with Gasteiger partial charge in [0.2, 0.25) is 17.8 Å². The maximum atomic E-state index is 6.86. The number of benzene rings is 3. The number of nitrogens with two attached hydrogens (primary N) is 1. The second-order valence-electron chi connectivity index (χ2n) is 8.40. The van der Waals surface area contributed by atoms with Crippen molar-refractivity contribution in [3.8, 4) is 22.4 Å². The minimum atomic E-state index is 0.722. The van der Waals surface area contributed by atoms with E-state index in [1.54, 1.807) is 0 Å². The van der Waals surface area contributed by atoms with E-state index >= 15 is 0 Å². The van der Waals surface area contributed by atoms with Crippen LogP contribution >= 0.6 is 0 Å². The summed E-state index contributed by atoms with van der Waals surface area (Å²) in [5.41, 5.74) is 13.6. The highest BCUT2D eigenvalue weighted by atomic mass is 15.1. The van der Waals surface area contributed by atoms with Crippen LogP contribution in [-0.2, 0) is 13.1 Å². The number of nitrogens with zero attached hydrogens (tertiary/aromatic N) is 3. The molecule has 3 aromatic carbocycles. The van der Waals surface area contributed by atoms with Crippen LogP contribution in [0.2, 0.25) is 0 Å². The van der Waals surface area contributed by atoms with Crippen LogP contribution in [0.5, 0.6) is 0 Å². The Balaban J connectivity index is 1.86. The molecule has 5 rings (SSSR count). The van der Waals surface area contributed by atoms with E-state index in [1.807, 2.05) is 6.33 Å². The molecule has 0 saturated heterocycles. The molecule has 2 aromatic heterocycles. The normalized spacial score (nSPS) is 11.2. The predicted molar refractivity (Wildman–Crippen MR) is 136 cm³/mol. The molecule has 0 aliphatic rings. The van der Waals surface area contributed by atoms with E-state index in [4.69, 9.17) is 10.7 Å². The first kappa shape index (κ1) is 21.0. The van der Waals surface area contributed by atoms with Crippen molar-refractivity contribution in [3.05, 3.63) is 103 Å². The van der Waals surface area contributed by atoms with Crippen molar-refractivity contribution in [2.75, 3.05) is 5.73 Å². The molecule has 5 aromatic rings. The molecule has 0 aliphatic heterocycles. The van der Waals surface area contributed by atoms with Crippen LogP contribution < -0.4 is 10.3 Å². The lowest BCUT2D eigenvalue weighted by Crippen LogP contribution is -2.37. The topological polar surface area (TPSA) is 47.7 Å². The number of hydrogen-bond acceptors (Lipinski definition) is 2. The summed E-state index contributed by atoms with van der Waals surface area (Å²) in [5, 5.41) is 1.02. The second-order valence-corrected chi connectivity index (χ2v) is 8.40. The maximum Gasteiger partial charge on any atom is 0.232 e. The summed E-state index contributed by atoms with van der Waals surface area (Å²) in [7, 11) is 0. The van der Waals surface area contributed by atoms with Crippen LogP contribution in [0, 0.1) is 0 Å². The van der Waals surface area contributed by atoms with Crippen LogP contribution in [0.25, 0.3) is 33.4 Å². The van der Waals surface area contributed by atoms with E-state index in [0.29, 0.717) is 0 Å². The fourth-order valence-electron chi connectivity index (χ4n) is 4.52. The van der Waals surface area contributed by atoms with Crippen molar-refractivity contribution < 1.29 is 4.57 Å². The zero-order chi connectivity index (χ0) is 22.6. The number of hydrogen-bond donors (Lipinski definition) is 1. The number of aromatic nitrogens is 3. The second kappa shape index (κ2) is 9.29. The molecule has 0 amide bonds. The quantitative estimate of drug-likeness (QED) is 0.316. The number of nitrogen functional groups attached to an aromatic ring is 1. The molecule has 33 heavy (non-hydrogen) atoms. The third-order valence-electron chi connectivity index (χ3n) is 6.17. The molecule has 0 radical (unpaired) electrons. The van der Waals surface area contributed by atoms with Gasteiger partial charge >= 0.3 is 0 Å². The highest BCUT2D eigenvalue weighted by molar-refractivity contribution is 6.07. The summed E-state index contributed by atoms with van der Waals surface area (Å²) in [4.78, 5) is 4.97. The molecule has 0 fully saturated rings. The Kier molecular flexibility index (Phi) is 5.90. The van der Waals surface area contributed by atoms with Gasteiger partial charge in [-0.3, -0.25) is 0 Å². The fourth-order valence-corrected chi connectivity index (χ4v) is 4.52. The Bertz CT molecular complexity index is 1360. The van der Waals surface area contributed by atoms with Crippen LogP contribution in [-0.4, -0.2) is 9.55 Å². The van der Waals surface area contributed by atoms with Crippen molar-refractivity contribution >= 4 is 16.9 Å². The zero-order valence-corrected chi connectivity index (χ0v) is 19.0. The van der Waals surface area contributed by atoms with E-state index in [9.17, 15) is 0 Å². The molecule has 0 saturated carbocycles. The molecule has 0 bridgehead atoms. The molecule has 2 N–H and O–H groups in total. The molecule has 0 aliphatic carbocycles.